The number of likely N-dealkylation sites (tertiary alicyclic amines) is 1. The smallest absolute Gasteiger partial charge is 0.222 e. The minimum absolute atomic E-state index is 0.0455. The lowest BCUT2D eigenvalue weighted by molar-refractivity contribution is -0.136. The van der Waals surface area contributed by atoms with Gasteiger partial charge >= 0.3 is 0 Å². The van der Waals surface area contributed by atoms with E-state index in [1.54, 1.807) is 0 Å². The molecule has 2 saturated heterocycles. The van der Waals surface area contributed by atoms with Crippen LogP contribution in [0.3, 0.4) is 0 Å². The SMILES string of the molecule is Cc1cnc(NCCC2CCOC23CN(Cc2cnn(C(C)C)c2)C3)nc1. The third-order valence-corrected chi connectivity index (χ3v) is 5.73. The van der Waals surface area contributed by atoms with Gasteiger partial charge in [0.1, 0.15) is 0 Å². The lowest BCUT2D eigenvalue weighted by Crippen LogP contribution is -2.64. The molecule has 1 atom stereocenters. The molecule has 2 aliphatic heterocycles. The van der Waals surface area contributed by atoms with E-state index in [1.165, 1.54) is 5.56 Å². The number of hydrogen-bond donors (Lipinski definition) is 1. The van der Waals surface area contributed by atoms with Crippen LogP contribution in [-0.2, 0) is 11.3 Å². The normalized spacial score (nSPS) is 21.7. The third kappa shape index (κ3) is 3.99. The average Bonchev–Trinajstić information content (AvgIpc) is 3.24. The molecule has 0 radical (unpaired) electrons. The second-order valence-corrected chi connectivity index (χ2v) is 8.27. The van der Waals surface area contributed by atoms with Crippen molar-refractivity contribution in [1.82, 2.24) is 24.6 Å². The van der Waals surface area contributed by atoms with Gasteiger partial charge in [0.15, 0.2) is 0 Å². The van der Waals surface area contributed by atoms with E-state index in [1.807, 2.05) is 30.2 Å². The highest BCUT2D eigenvalue weighted by molar-refractivity contribution is 5.24. The van der Waals surface area contributed by atoms with E-state index in [9.17, 15) is 0 Å². The lowest BCUT2D eigenvalue weighted by Gasteiger charge is -2.50. The minimum atomic E-state index is 0.0455. The van der Waals surface area contributed by atoms with Gasteiger partial charge in [-0.25, -0.2) is 9.97 Å². The second-order valence-electron chi connectivity index (χ2n) is 8.27. The van der Waals surface area contributed by atoms with E-state index in [2.05, 4.69) is 45.3 Å². The Labute approximate surface area is 161 Å². The van der Waals surface area contributed by atoms with Gasteiger partial charge in [0, 0.05) is 63.0 Å². The fourth-order valence-corrected chi connectivity index (χ4v) is 4.21. The van der Waals surface area contributed by atoms with Gasteiger partial charge in [0.25, 0.3) is 0 Å². The fourth-order valence-electron chi connectivity index (χ4n) is 4.21. The van der Waals surface area contributed by atoms with Crippen LogP contribution in [-0.4, -0.2) is 56.5 Å². The summed E-state index contributed by atoms with van der Waals surface area (Å²) in [5.74, 6) is 1.32. The fraction of sp³-hybridized carbons (Fsp3) is 0.650. The molecule has 1 spiro atoms. The molecule has 146 valence electrons. The molecular weight excluding hydrogens is 340 g/mol. The highest BCUT2D eigenvalue weighted by atomic mass is 16.5. The van der Waals surface area contributed by atoms with Crippen molar-refractivity contribution < 1.29 is 4.74 Å². The molecule has 2 aromatic rings. The molecule has 2 fully saturated rings. The number of nitrogens with zero attached hydrogens (tertiary/aromatic N) is 5. The van der Waals surface area contributed by atoms with Crippen LogP contribution in [0.2, 0.25) is 0 Å². The maximum atomic E-state index is 6.20. The standard InChI is InChI=1S/C20H30N6O/c1-15(2)26-12-17(10-24-26)11-25-13-20(14-25)18(5-7-27-20)4-6-21-19-22-8-16(3)9-23-19/h8-10,12,15,18H,4-7,11,13-14H2,1-3H3,(H,21,22,23). The van der Waals surface area contributed by atoms with Crippen LogP contribution in [0.4, 0.5) is 5.95 Å². The summed E-state index contributed by atoms with van der Waals surface area (Å²) in [7, 11) is 0. The Morgan fingerprint density at radius 3 is 2.74 bits per heavy atom. The van der Waals surface area contributed by atoms with Gasteiger partial charge in [-0.05, 0) is 45.1 Å². The van der Waals surface area contributed by atoms with Crippen molar-refractivity contribution in [1.29, 1.82) is 0 Å². The molecule has 4 heterocycles. The van der Waals surface area contributed by atoms with Crippen LogP contribution in [0.1, 0.15) is 43.9 Å². The van der Waals surface area contributed by atoms with Crippen LogP contribution >= 0.6 is 0 Å². The molecule has 2 aromatic heterocycles. The maximum Gasteiger partial charge on any atom is 0.222 e. The first kappa shape index (κ1) is 18.4. The molecule has 7 heteroatoms. The Balaban J connectivity index is 1.25. The van der Waals surface area contributed by atoms with E-state index >= 15 is 0 Å². The largest absolute Gasteiger partial charge is 0.372 e. The van der Waals surface area contributed by atoms with Crippen molar-refractivity contribution in [2.75, 3.05) is 31.6 Å². The third-order valence-electron chi connectivity index (χ3n) is 5.73. The number of hydrogen-bond acceptors (Lipinski definition) is 6. The zero-order chi connectivity index (χ0) is 18.9. The lowest BCUT2D eigenvalue weighted by atomic mass is 9.79. The van der Waals surface area contributed by atoms with Gasteiger partial charge < -0.3 is 10.1 Å². The predicted octanol–water partition coefficient (Wildman–Crippen LogP) is 2.66. The minimum Gasteiger partial charge on any atom is -0.372 e. The van der Waals surface area contributed by atoms with E-state index in [-0.39, 0.29) is 5.60 Å². The van der Waals surface area contributed by atoms with Crippen LogP contribution < -0.4 is 5.32 Å². The first-order valence-corrected chi connectivity index (χ1v) is 9.96. The molecule has 7 nitrogen and oxygen atoms in total. The Morgan fingerprint density at radius 2 is 2.04 bits per heavy atom. The summed E-state index contributed by atoms with van der Waals surface area (Å²) in [6.45, 7) is 11.1. The molecule has 0 aliphatic carbocycles. The van der Waals surface area contributed by atoms with Gasteiger partial charge in [-0.1, -0.05) is 0 Å². The molecule has 4 rings (SSSR count). The summed E-state index contributed by atoms with van der Waals surface area (Å²) >= 11 is 0. The van der Waals surface area contributed by atoms with Gasteiger partial charge in [0.05, 0.1) is 11.8 Å². The average molecular weight is 371 g/mol. The van der Waals surface area contributed by atoms with Crippen molar-refractivity contribution in [3.8, 4) is 0 Å². The zero-order valence-electron chi connectivity index (χ0n) is 16.6. The van der Waals surface area contributed by atoms with Crippen molar-refractivity contribution >= 4 is 5.95 Å². The topological polar surface area (TPSA) is 68.1 Å². The molecule has 1 N–H and O–H groups in total. The van der Waals surface area contributed by atoms with Gasteiger partial charge in [-0.15, -0.1) is 0 Å². The van der Waals surface area contributed by atoms with E-state index < -0.39 is 0 Å². The molecule has 0 aromatic carbocycles. The quantitative estimate of drug-likeness (QED) is 0.808. The first-order valence-electron chi connectivity index (χ1n) is 9.96. The highest BCUT2D eigenvalue weighted by Gasteiger charge is 2.52. The zero-order valence-corrected chi connectivity index (χ0v) is 16.6. The maximum absolute atomic E-state index is 6.20. The van der Waals surface area contributed by atoms with Crippen LogP contribution in [0.5, 0.6) is 0 Å². The molecule has 1 unspecified atom stereocenters. The number of anilines is 1. The summed E-state index contributed by atoms with van der Waals surface area (Å²) in [4.78, 5) is 11.1. The number of aryl methyl sites for hydroxylation is 1. The van der Waals surface area contributed by atoms with Gasteiger partial charge in [-0.2, -0.15) is 5.10 Å². The molecule has 0 saturated carbocycles. The molecular formula is C20H30N6O. The monoisotopic (exact) mass is 370 g/mol. The van der Waals surface area contributed by atoms with E-state index in [0.717, 1.165) is 51.2 Å². The summed E-state index contributed by atoms with van der Waals surface area (Å²) in [6, 6.07) is 0.411. The summed E-state index contributed by atoms with van der Waals surface area (Å²) in [5.41, 5.74) is 2.41. The number of nitrogens with one attached hydrogen (secondary N) is 1. The second kappa shape index (κ2) is 7.56. The molecule has 2 aliphatic rings. The number of aromatic nitrogens is 4. The molecule has 0 amide bonds. The summed E-state index contributed by atoms with van der Waals surface area (Å²) < 4.78 is 8.22. The van der Waals surface area contributed by atoms with Crippen LogP contribution in [0, 0.1) is 12.8 Å². The predicted molar refractivity (Wildman–Crippen MR) is 105 cm³/mol. The van der Waals surface area contributed by atoms with Crippen molar-refractivity contribution in [3.05, 3.63) is 35.9 Å². The van der Waals surface area contributed by atoms with Crippen LogP contribution in [0.25, 0.3) is 0 Å². The first-order chi connectivity index (χ1) is 13.0. The Kier molecular flexibility index (Phi) is 5.14. The highest BCUT2D eigenvalue weighted by Crippen LogP contribution is 2.42. The van der Waals surface area contributed by atoms with E-state index in [0.29, 0.717) is 17.9 Å². The van der Waals surface area contributed by atoms with Gasteiger partial charge in [0.2, 0.25) is 5.95 Å². The molecule has 0 bridgehead atoms. The van der Waals surface area contributed by atoms with Crippen molar-refractivity contribution in [2.45, 2.75) is 51.8 Å². The van der Waals surface area contributed by atoms with Gasteiger partial charge in [-0.3, -0.25) is 9.58 Å². The van der Waals surface area contributed by atoms with Crippen LogP contribution in [0.15, 0.2) is 24.8 Å². The Morgan fingerprint density at radius 1 is 1.26 bits per heavy atom. The number of ether oxygens (including phenoxy) is 1. The van der Waals surface area contributed by atoms with E-state index in [4.69, 9.17) is 4.74 Å². The van der Waals surface area contributed by atoms with Crippen molar-refractivity contribution in [3.63, 3.8) is 0 Å². The Bertz CT molecular complexity index is 750. The summed E-state index contributed by atoms with van der Waals surface area (Å²) in [6.07, 6.45) is 10.1. The number of rotatable bonds is 7. The summed E-state index contributed by atoms with van der Waals surface area (Å²) in [5, 5.41) is 7.79. The van der Waals surface area contributed by atoms with Crippen molar-refractivity contribution in [2.24, 2.45) is 5.92 Å². The Hall–Kier alpha value is -1.99. The molecule has 27 heavy (non-hydrogen) atoms.